The van der Waals surface area contributed by atoms with Gasteiger partial charge >= 0.3 is 0 Å². The van der Waals surface area contributed by atoms with Crippen LogP contribution in [-0.4, -0.2) is 46.4 Å². The quantitative estimate of drug-likeness (QED) is 0.341. The van der Waals surface area contributed by atoms with Crippen molar-refractivity contribution in [2.75, 3.05) is 12.3 Å². The van der Waals surface area contributed by atoms with E-state index in [1.807, 2.05) is 47.0 Å². The summed E-state index contributed by atoms with van der Waals surface area (Å²) < 4.78 is 24.6. The number of nitrogens with two attached hydrogens (primary N) is 1. The van der Waals surface area contributed by atoms with E-state index in [0.29, 0.717) is 23.9 Å². The Morgan fingerprint density at radius 1 is 0.971 bits per heavy atom. The molecule has 2 heterocycles. The lowest BCUT2D eigenvalue weighted by Crippen LogP contribution is -2.27. The summed E-state index contributed by atoms with van der Waals surface area (Å²) in [6.07, 6.45) is 3.96. The highest BCUT2D eigenvalue weighted by molar-refractivity contribution is 7.99. The number of thioether (sulfide) groups is 1. The molecule has 174 valence electrons. The zero-order valence-corrected chi connectivity index (χ0v) is 19.7. The van der Waals surface area contributed by atoms with E-state index in [1.54, 1.807) is 24.5 Å². The minimum absolute atomic E-state index is 0.0605. The maximum Gasteiger partial charge on any atom is 0.238 e. The Labute approximate surface area is 201 Å². The molecule has 3 N–H and O–H groups in total. The Morgan fingerprint density at radius 2 is 1.68 bits per heavy atom. The van der Waals surface area contributed by atoms with Crippen LogP contribution in [0.3, 0.4) is 0 Å². The molecule has 0 aliphatic rings. The average molecular weight is 495 g/mol. The Hall–Kier alpha value is -3.54. The molecule has 0 bridgehead atoms. The maximum absolute atomic E-state index is 12.4. The van der Waals surface area contributed by atoms with E-state index < -0.39 is 10.0 Å². The minimum Gasteiger partial charge on any atom is -0.355 e. The maximum atomic E-state index is 12.4. The second-order valence-corrected chi connectivity index (χ2v) is 9.79. The van der Waals surface area contributed by atoms with E-state index in [9.17, 15) is 13.2 Å². The zero-order valence-electron chi connectivity index (χ0n) is 18.0. The third-order valence-electron chi connectivity index (χ3n) is 4.91. The Bertz CT molecular complexity index is 1360. The van der Waals surface area contributed by atoms with Crippen LogP contribution in [0.1, 0.15) is 5.56 Å². The van der Waals surface area contributed by atoms with Gasteiger partial charge in [0.2, 0.25) is 15.9 Å². The molecular weight excluding hydrogens is 472 g/mol. The van der Waals surface area contributed by atoms with E-state index in [1.165, 1.54) is 23.9 Å². The number of carbonyl (C=O) groups excluding carboxylic acids is 1. The van der Waals surface area contributed by atoms with Gasteiger partial charge in [0.25, 0.3) is 0 Å². The SMILES string of the molecule is NS(=O)(=O)c1ccc(CCNC(=O)CSc2nnc(-c3ccncc3)n2-c2ccccc2)cc1. The molecular formula is C23H22N6O3S2. The molecule has 0 saturated heterocycles. The number of nitrogens with one attached hydrogen (secondary N) is 1. The Morgan fingerprint density at radius 3 is 2.35 bits per heavy atom. The number of sulfonamides is 1. The van der Waals surface area contributed by atoms with E-state index in [4.69, 9.17) is 5.14 Å². The molecule has 4 rings (SSSR count). The molecule has 34 heavy (non-hydrogen) atoms. The number of hydrogen-bond donors (Lipinski definition) is 2. The summed E-state index contributed by atoms with van der Waals surface area (Å²) in [5.74, 6) is 0.699. The summed E-state index contributed by atoms with van der Waals surface area (Å²) in [5.41, 5.74) is 2.66. The number of hydrogen-bond acceptors (Lipinski definition) is 7. The monoisotopic (exact) mass is 494 g/mol. The highest BCUT2D eigenvalue weighted by Gasteiger charge is 2.17. The fourth-order valence-corrected chi connectivity index (χ4v) is 4.53. The molecule has 2 aromatic heterocycles. The summed E-state index contributed by atoms with van der Waals surface area (Å²) in [6, 6.07) is 19.7. The first-order chi connectivity index (χ1) is 16.4. The van der Waals surface area contributed by atoms with Crippen LogP contribution in [0.5, 0.6) is 0 Å². The van der Waals surface area contributed by atoms with Crippen LogP contribution in [0.25, 0.3) is 17.1 Å². The van der Waals surface area contributed by atoms with Gasteiger partial charge in [0.1, 0.15) is 0 Å². The largest absolute Gasteiger partial charge is 0.355 e. The van der Waals surface area contributed by atoms with Gasteiger partial charge in [-0.05, 0) is 48.4 Å². The van der Waals surface area contributed by atoms with Gasteiger partial charge in [0.15, 0.2) is 11.0 Å². The summed E-state index contributed by atoms with van der Waals surface area (Å²) in [5, 5.41) is 17.2. The molecule has 0 unspecified atom stereocenters. The van der Waals surface area contributed by atoms with Crippen LogP contribution in [0.2, 0.25) is 0 Å². The second kappa shape index (κ2) is 10.6. The molecule has 1 amide bonds. The van der Waals surface area contributed by atoms with Crippen molar-refractivity contribution >= 4 is 27.7 Å². The lowest BCUT2D eigenvalue weighted by Gasteiger charge is -2.10. The normalized spacial score (nSPS) is 11.3. The van der Waals surface area contributed by atoms with Crippen LogP contribution in [-0.2, 0) is 21.2 Å². The smallest absolute Gasteiger partial charge is 0.238 e. The first-order valence-electron chi connectivity index (χ1n) is 10.3. The number of nitrogens with zero attached hydrogens (tertiary/aromatic N) is 4. The lowest BCUT2D eigenvalue weighted by atomic mass is 10.1. The van der Waals surface area contributed by atoms with Gasteiger partial charge in [-0.15, -0.1) is 10.2 Å². The van der Waals surface area contributed by atoms with Gasteiger partial charge < -0.3 is 5.32 Å². The van der Waals surface area contributed by atoms with Crippen molar-refractivity contribution in [2.45, 2.75) is 16.5 Å². The van der Waals surface area contributed by atoms with E-state index in [2.05, 4.69) is 20.5 Å². The van der Waals surface area contributed by atoms with Crippen LogP contribution < -0.4 is 10.5 Å². The molecule has 0 aliphatic heterocycles. The molecule has 4 aromatic rings. The number of rotatable bonds is 9. The first kappa shape index (κ1) is 23.6. The molecule has 2 aromatic carbocycles. The third kappa shape index (κ3) is 5.87. The van der Waals surface area contributed by atoms with Crippen molar-refractivity contribution in [1.82, 2.24) is 25.1 Å². The van der Waals surface area contributed by atoms with Crippen molar-refractivity contribution in [3.05, 3.63) is 84.7 Å². The summed E-state index contributed by atoms with van der Waals surface area (Å²) in [6.45, 7) is 0.418. The summed E-state index contributed by atoms with van der Waals surface area (Å²) in [4.78, 5) is 16.5. The highest BCUT2D eigenvalue weighted by atomic mass is 32.2. The van der Waals surface area contributed by atoms with E-state index in [0.717, 1.165) is 16.8 Å². The molecule has 0 saturated carbocycles. The fourth-order valence-electron chi connectivity index (χ4n) is 3.23. The molecule has 0 aliphatic carbocycles. The Kier molecular flexibility index (Phi) is 7.36. The van der Waals surface area contributed by atoms with Gasteiger partial charge in [-0.25, -0.2) is 13.6 Å². The lowest BCUT2D eigenvalue weighted by molar-refractivity contribution is -0.118. The first-order valence-corrected chi connectivity index (χ1v) is 12.9. The van der Waals surface area contributed by atoms with E-state index in [-0.39, 0.29) is 16.6 Å². The molecule has 0 fully saturated rings. The Balaban J connectivity index is 1.39. The van der Waals surface area contributed by atoms with Crippen LogP contribution in [0, 0.1) is 0 Å². The molecule has 0 atom stereocenters. The predicted molar refractivity (Wildman–Crippen MR) is 130 cm³/mol. The number of aromatic nitrogens is 4. The van der Waals surface area contributed by atoms with Crippen molar-refractivity contribution in [2.24, 2.45) is 5.14 Å². The number of para-hydroxylation sites is 1. The van der Waals surface area contributed by atoms with Gasteiger partial charge in [-0.1, -0.05) is 42.1 Å². The predicted octanol–water partition coefficient (Wildman–Crippen LogP) is 2.43. The standard InChI is InChI=1S/C23H22N6O3S2/c24-34(31,32)20-8-6-17(7-9-20)10-15-26-21(30)16-33-23-28-27-22(18-11-13-25-14-12-18)29(23)19-4-2-1-3-5-19/h1-9,11-14H,10,15-16H2,(H,26,30)(H2,24,31,32). The van der Waals surface area contributed by atoms with Crippen molar-refractivity contribution < 1.29 is 13.2 Å². The van der Waals surface area contributed by atoms with Gasteiger partial charge in [0, 0.05) is 30.2 Å². The molecule has 0 spiro atoms. The summed E-state index contributed by atoms with van der Waals surface area (Å²) in [7, 11) is -3.72. The molecule has 9 nitrogen and oxygen atoms in total. The number of carbonyl (C=O) groups is 1. The van der Waals surface area contributed by atoms with Crippen LogP contribution in [0.4, 0.5) is 0 Å². The van der Waals surface area contributed by atoms with Crippen LogP contribution >= 0.6 is 11.8 Å². The van der Waals surface area contributed by atoms with Crippen LogP contribution in [0.15, 0.2) is 89.2 Å². The van der Waals surface area contributed by atoms with Crippen molar-refractivity contribution in [1.29, 1.82) is 0 Å². The van der Waals surface area contributed by atoms with Crippen molar-refractivity contribution in [3.8, 4) is 17.1 Å². The second-order valence-electron chi connectivity index (χ2n) is 7.29. The third-order valence-corrected chi connectivity index (χ3v) is 6.76. The zero-order chi connectivity index (χ0) is 24.0. The number of benzene rings is 2. The number of pyridine rings is 1. The number of amides is 1. The van der Waals surface area contributed by atoms with Gasteiger partial charge in [0.05, 0.1) is 10.6 Å². The highest BCUT2D eigenvalue weighted by Crippen LogP contribution is 2.27. The summed E-state index contributed by atoms with van der Waals surface area (Å²) >= 11 is 1.30. The number of primary sulfonamides is 1. The van der Waals surface area contributed by atoms with Gasteiger partial charge in [-0.2, -0.15) is 0 Å². The minimum atomic E-state index is -3.72. The molecule has 0 radical (unpaired) electrons. The topological polar surface area (TPSA) is 133 Å². The average Bonchev–Trinajstić information content (AvgIpc) is 3.28. The van der Waals surface area contributed by atoms with Gasteiger partial charge in [-0.3, -0.25) is 14.3 Å². The van der Waals surface area contributed by atoms with Crippen molar-refractivity contribution in [3.63, 3.8) is 0 Å². The van der Waals surface area contributed by atoms with E-state index >= 15 is 0 Å². The molecule has 11 heteroatoms. The fraction of sp³-hybridized carbons (Fsp3) is 0.130.